The predicted octanol–water partition coefficient (Wildman–Crippen LogP) is 4.14. The van der Waals surface area contributed by atoms with Gasteiger partial charge in [-0.05, 0) is 44.9 Å². The fourth-order valence-corrected chi connectivity index (χ4v) is 5.01. The number of rotatable bonds is 4. The van der Waals surface area contributed by atoms with Gasteiger partial charge in [0.1, 0.15) is 0 Å². The standard InChI is InChI=1S/C24H29N4O2/c1-3-28(23-18(16(2)29)13-9-15-26-23)20-14-8-7-12-19(20)21(27-22(25)24(28)30)17-10-5-4-6-11-17/h7-9,12-15,17,22H,3-6,10-11,25H2,1-2H3/q+1. The van der Waals surface area contributed by atoms with Crippen LogP contribution in [0.5, 0.6) is 0 Å². The summed E-state index contributed by atoms with van der Waals surface area (Å²) in [6.45, 7) is 3.84. The fourth-order valence-electron chi connectivity index (χ4n) is 5.01. The van der Waals surface area contributed by atoms with E-state index in [-0.39, 0.29) is 16.2 Å². The molecule has 1 aromatic carbocycles. The number of benzene rings is 1. The van der Waals surface area contributed by atoms with Gasteiger partial charge < -0.3 is 0 Å². The van der Waals surface area contributed by atoms with Crippen LogP contribution in [0.3, 0.4) is 0 Å². The average Bonchev–Trinajstić information content (AvgIpc) is 2.88. The summed E-state index contributed by atoms with van der Waals surface area (Å²) in [5.74, 6) is 0.352. The normalized spacial score (nSPS) is 24.7. The molecule has 2 heterocycles. The minimum atomic E-state index is -1.00. The molecule has 2 aromatic rings. The van der Waals surface area contributed by atoms with Crippen molar-refractivity contribution in [2.24, 2.45) is 16.6 Å². The lowest BCUT2D eigenvalue weighted by molar-refractivity contribution is -0.128. The first-order chi connectivity index (χ1) is 14.5. The quantitative estimate of drug-likeness (QED) is 0.612. The van der Waals surface area contributed by atoms with E-state index in [2.05, 4.69) is 4.98 Å². The van der Waals surface area contributed by atoms with E-state index in [0.29, 0.717) is 23.8 Å². The summed E-state index contributed by atoms with van der Waals surface area (Å²) in [4.78, 5) is 35.6. The third-order valence-corrected chi connectivity index (χ3v) is 6.49. The summed E-state index contributed by atoms with van der Waals surface area (Å²) in [7, 11) is 0. The molecule has 2 aliphatic rings. The maximum absolute atomic E-state index is 13.9. The Kier molecular flexibility index (Phi) is 5.62. The number of likely N-dealkylation sites (N-methyl/N-ethyl adjacent to an activating group) is 1. The van der Waals surface area contributed by atoms with Gasteiger partial charge >= 0.3 is 5.91 Å². The SMILES string of the molecule is CC[N+]1(c2ncccc2C(C)=O)C(=O)C(N)N=C(C2CCCCC2)c2ccccc21. The Morgan fingerprint density at radius 1 is 1.13 bits per heavy atom. The van der Waals surface area contributed by atoms with Crippen molar-refractivity contribution in [2.45, 2.75) is 52.1 Å². The number of fused-ring (bicyclic) bond motifs is 1. The van der Waals surface area contributed by atoms with E-state index in [0.717, 1.165) is 42.6 Å². The van der Waals surface area contributed by atoms with E-state index < -0.39 is 6.17 Å². The number of benzodiazepines with no additional fused rings is 1. The highest BCUT2D eigenvalue weighted by Crippen LogP contribution is 2.42. The Morgan fingerprint density at radius 2 is 1.87 bits per heavy atom. The minimum Gasteiger partial charge on any atom is -0.298 e. The highest BCUT2D eigenvalue weighted by Gasteiger charge is 2.50. The number of carbonyl (C=O) groups is 2. The minimum absolute atomic E-state index is 0.124. The van der Waals surface area contributed by atoms with E-state index in [4.69, 9.17) is 10.7 Å². The number of hydrogen-bond acceptors (Lipinski definition) is 5. The first-order valence-corrected chi connectivity index (χ1v) is 10.8. The second-order valence-electron chi connectivity index (χ2n) is 8.21. The molecule has 0 radical (unpaired) electrons. The molecule has 30 heavy (non-hydrogen) atoms. The van der Waals surface area contributed by atoms with Gasteiger partial charge in [0.25, 0.3) is 5.82 Å². The molecule has 1 aliphatic carbocycles. The maximum atomic E-state index is 13.9. The number of para-hydroxylation sites is 1. The second-order valence-corrected chi connectivity index (χ2v) is 8.21. The van der Waals surface area contributed by atoms with Crippen molar-refractivity contribution in [1.29, 1.82) is 0 Å². The van der Waals surface area contributed by atoms with E-state index in [1.165, 1.54) is 13.3 Å². The third-order valence-electron chi connectivity index (χ3n) is 6.49. The Labute approximate surface area is 177 Å². The number of aliphatic imine (C=N–C) groups is 1. The number of pyridine rings is 1. The van der Waals surface area contributed by atoms with Crippen LogP contribution >= 0.6 is 0 Å². The van der Waals surface area contributed by atoms with Gasteiger partial charge in [0, 0.05) is 18.2 Å². The van der Waals surface area contributed by atoms with Crippen LogP contribution in [0.4, 0.5) is 11.5 Å². The summed E-state index contributed by atoms with van der Waals surface area (Å²) in [5, 5.41) is 0. The van der Waals surface area contributed by atoms with Crippen molar-refractivity contribution in [3.8, 4) is 0 Å². The summed E-state index contributed by atoms with van der Waals surface area (Å²) in [6, 6.07) is 11.4. The number of amides is 1. The molecule has 1 aliphatic heterocycles. The van der Waals surface area contributed by atoms with Gasteiger partial charge in [-0.15, -0.1) is 0 Å². The number of ketones is 1. The maximum Gasteiger partial charge on any atom is 0.364 e. The number of nitrogens with two attached hydrogens (primary N) is 1. The molecule has 0 spiro atoms. The van der Waals surface area contributed by atoms with E-state index in [1.54, 1.807) is 18.3 Å². The Hall–Kier alpha value is -2.70. The van der Waals surface area contributed by atoms with Gasteiger partial charge in [-0.1, -0.05) is 31.4 Å². The highest BCUT2D eigenvalue weighted by molar-refractivity contribution is 6.14. The van der Waals surface area contributed by atoms with Crippen LogP contribution in [0, 0.1) is 5.92 Å². The smallest absolute Gasteiger partial charge is 0.298 e. The van der Waals surface area contributed by atoms with Crippen LogP contribution in [-0.4, -0.2) is 35.1 Å². The molecule has 1 saturated carbocycles. The lowest BCUT2D eigenvalue weighted by Gasteiger charge is -2.34. The Balaban J connectivity index is 2.00. The van der Waals surface area contributed by atoms with Gasteiger partial charge in [-0.2, -0.15) is 4.48 Å². The summed E-state index contributed by atoms with van der Waals surface area (Å²) >= 11 is 0. The van der Waals surface area contributed by atoms with Crippen molar-refractivity contribution >= 4 is 28.9 Å². The largest absolute Gasteiger partial charge is 0.364 e. The van der Waals surface area contributed by atoms with E-state index in [1.807, 2.05) is 31.2 Å². The van der Waals surface area contributed by atoms with Crippen molar-refractivity contribution in [1.82, 2.24) is 9.47 Å². The van der Waals surface area contributed by atoms with Crippen LogP contribution in [-0.2, 0) is 4.79 Å². The first-order valence-electron chi connectivity index (χ1n) is 10.8. The molecule has 2 N–H and O–H groups in total. The fraction of sp³-hybridized carbons (Fsp3) is 0.417. The third kappa shape index (κ3) is 3.20. The van der Waals surface area contributed by atoms with Crippen molar-refractivity contribution in [3.63, 3.8) is 0 Å². The molecule has 6 nitrogen and oxygen atoms in total. The second kappa shape index (κ2) is 8.20. The zero-order valence-corrected chi connectivity index (χ0v) is 17.7. The predicted molar refractivity (Wildman–Crippen MR) is 119 cm³/mol. The van der Waals surface area contributed by atoms with E-state index in [9.17, 15) is 9.59 Å². The van der Waals surface area contributed by atoms with Crippen LogP contribution in [0.15, 0.2) is 47.6 Å². The lowest BCUT2D eigenvalue weighted by atomic mass is 9.82. The molecule has 0 bridgehead atoms. The molecule has 6 heteroatoms. The van der Waals surface area contributed by atoms with Crippen LogP contribution in [0.25, 0.3) is 0 Å². The summed E-state index contributed by atoms with van der Waals surface area (Å²) < 4.78 is -0.202. The van der Waals surface area contributed by atoms with Gasteiger partial charge in [-0.3, -0.25) is 15.5 Å². The lowest BCUT2D eigenvalue weighted by Crippen LogP contribution is -2.56. The topological polar surface area (TPSA) is 85.4 Å². The van der Waals surface area contributed by atoms with Crippen LogP contribution in [0.1, 0.15) is 61.9 Å². The number of hydrogen-bond donors (Lipinski definition) is 1. The zero-order valence-electron chi connectivity index (χ0n) is 17.7. The molecular weight excluding hydrogens is 376 g/mol. The highest BCUT2D eigenvalue weighted by atomic mass is 16.2. The molecule has 0 saturated heterocycles. The van der Waals surface area contributed by atoms with Crippen molar-refractivity contribution in [3.05, 3.63) is 53.7 Å². The zero-order chi connectivity index (χ0) is 21.3. The molecular formula is C24H29N4O2+. The molecule has 156 valence electrons. The molecule has 2 unspecified atom stereocenters. The molecule has 1 amide bonds. The molecule has 1 aromatic heterocycles. The van der Waals surface area contributed by atoms with Crippen LogP contribution in [0.2, 0.25) is 0 Å². The van der Waals surface area contributed by atoms with Gasteiger partial charge in [0.2, 0.25) is 6.17 Å². The number of aromatic nitrogens is 1. The monoisotopic (exact) mass is 405 g/mol. The molecule has 2 atom stereocenters. The van der Waals surface area contributed by atoms with Crippen LogP contribution < -0.4 is 10.2 Å². The van der Waals surface area contributed by atoms with Crippen molar-refractivity contribution in [2.75, 3.05) is 6.54 Å². The van der Waals surface area contributed by atoms with Crippen molar-refractivity contribution < 1.29 is 9.59 Å². The number of Topliss-reactive ketones (excluding diaryl/α,β-unsaturated/α-hetero) is 1. The van der Waals surface area contributed by atoms with Gasteiger partial charge in [0.05, 0.1) is 23.4 Å². The number of nitrogens with zero attached hydrogens (tertiary/aromatic N) is 3. The first kappa shape index (κ1) is 20.6. The molecule has 1 fully saturated rings. The van der Waals surface area contributed by atoms with Gasteiger partial charge in [0.15, 0.2) is 11.5 Å². The van der Waals surface area contributed by atoms with E-state index >= 15 is 0 Å². The van der Waals surface area contributed by atoms with Gasteiger partial charge in [-0.25, -0.2) is 9.78 Å². The Morgan fingerprint density at radius 3 is 2.57 bits per heavy atom. The summed E-state index contributed by atoms with van der Waals surface area (Å²) in [6.07, 6.45) is 6.31. The summed E-state index contributed by atoms with van der Waals surface area (Å²) in [5.41, 5.74) is 9.54. The number of quaternary nitrogens is 1. The Bertz CT molecular complexity index is 1010. The number of carbonyl (C=O) groups excluding carboxylic acids is 2. The average molecular weight is 406 g/mol. The molecule has 4 rings (SSSR count).